The normalized spacial score (nSPS) is 10.9. The van der Waals surface area contributed by atoms with Crippen LogP contribution in [0.3, 0.4) is 0 Å². The van der Waals surface area contributed by atoms with Gasteiger partial charge in [0, 0.05) is 17.3 Å². The van der Waals surface area contributed by atoms with Crippen molar-refractivity contribution in [3.8, 4) is 22.3 Å². The summed E-state index contributed by atoms with van der Waals surface area (Å²) in [5.74, 6) is -1.02. The molecule has 0 atom stereocenters. The maximum Gasteiger partial charge on any atom is 0.309 e. The molecule has 0 fully saturated rings. The molecule has 0 aliphatic carbocycles. The molecule has 0 aliphatic rings. The molecular formula is C19H9Cl6NO2. The number of halogens is 6. The fourth-order valence-corrected chi connectivity index (χ4v) is 3.81. The van der Waals surface area contributed by atoms with E-state index in [1.165, 1.54) is 6.20 Å². The van der Waals surface area contributed by atoms with Crippen LogP contribution in [0.5, 0.6) is 0 Å². The highest BCUT2D eigenvalue weighted by molar-refractivity contribution is 6.49. The topological polar surface area (TPSA) is 50.2 Å². The van der Waals surface area contributed by atoms with E-state index in [4.69, 9.17) is 69.6 Å². The van der Waals surface area contributed by atoms with E-state index in [9.17, 15) is 9.90 Å². The summed E-state index contributed by atoms with van der Waals surface area (Å²) in [7, 11) is 0. The SMILES string of the molecule is O=C(O)Cc1ncc(-c2cc(Cl)c(Cl)c(Cl)c2)cc1-c1cc(Cl)c(Cl)c(Cl)c1. The van der Waals surface area contributed by atoms with Crippen LogP contribution < -0.4 is 0 Å². The van der Waals surface area contributed by atoms with Gasteiger partial charge >= 0.3 is 5.97 Å². The predicted octanol–water partition coefficient (Wildman–Crippen LogP) is 7.96. The highest BCUT2D eigenvalue weighted by atomic mass is 35.5. The van der Waals surface area contributed by atoms with E-state index >= 15 is 0 Å². The van der Waals surface area contributed by atoms with Gasteiger partial charge in [0.1, 0.15) is 0 Å². The van der Waals surface area contributed by atoms with Gasteiger partial charge in [0.2, 0.25) is 0 Å². The first-order valence-electron chi connectivity index (χ1n) is 7.68. The number of hydrogen-bond donors (Lipinski definition) is 1. The molecule has 3 nitrogen and oxygen atoms in total. The number of aromatic nitrogens is 1. The highest BCUT2D eigenvalue weighted by Crippen LogP contribution is 2.39. The molecule has 3 rings (SSSR count). The third-order valence-corrected chi connectivity index (χ3v) is 6.29. The number of benzene rings is 2. The molecule has 0 amide bonds. The lowest BCUT2D eigenvalue weighted by molar-refractivity contribution is -0.136. The van der Waals surface area contributed by atoms with Gasteiger partial charge in [-0.1, -0.05) is 69.6 Å². The molecule has 28 heavy (non-hydrogen) atoms. The van der Waals surface area contributed by atoms with E-state index in [1.807, 2.05) is 0 Å². The van der Waals surface area contributed by atoms with E-state index in [-0.39, 0.29) is 36.6 Å². The van der Waals surface area contributed by atoms with Gasteiger partial charge < -0.3 is 5.11 Å². The summed E-state index contributed by atoms with van der Waals surface area (Å²) in [6, 6.07) is 8.26. The third kappa shape index (κ3) is 4.51. The molecule has 0 bridgehead atoms. The van der Waals surface area contributed by atoms with Crippen molar-refractivity contribution in [2.45, 2.75) is 6.42 Å². The number of aliphatic carboxylic acids is 1. The second kappa shape index (κ2) is 8.66. The summed E-state index contributed by atoms with van der Waals surface area (Å²) in [5, 5.41) is 10.7. The minimum absolute atomic E-state index is 0.215. The van der Waals surface area contributed by atoms with Gasteiger partial charge in [-0.3, -0.25) is 9.78 Å². The lowest BCUT2D eigenvalue weighted by atomic mass is 9.98. The summed E-state index contributed by atoms with van der Waals surface area (Å²) < 4.78 is 0. The Hall–Kier alpha value is -1.20. The van der Waals surface area contributed by atoms with Crippen LogP contribution in [0.25, 0.3) is 22.3 Å². The molecule has 3 aromatic rings. The Bertz CT molecular complexity index is 1050. The van der Waals surface area contributed by atoms with E-state index < -0.39 is 5.97 Å². The summed E-state index contributed by atoms with van der Waals surface area (Å²) in [5.41, 5.74) is 2.79. The van der Waals surface area contributed by atoms with Crippen LogP contribution in [-0.2, 0) is 11.2 Å². The first-order valence-corrected chi connectivity index (χ1v) is 9.94. The lowest BCUT2D eigenvalue weighted by Crippen LogP contribution is -2.04. The zero-order valence-corrected chi connectivity index (χ0v) is 18.3. The zero-order valence-electron chi connectivity index (χ0n) is 13.7. The molecule has 0 saturated carbocycles. The molecule has 0 radical (unpaired) electrons. The Balaban J connectivity index is 2.22. The predicted molar refractivity (Wildman–Crippen MR) is 117 cm³/mol. The van der Waals surface area contributed by atoms with Crippen LogP contribution in [0.2, 0.25) is 30.1 Å². The summed E-state index contributed by atoms with van der Waals surface area (Å²) in [6.07, 6.45) is 1.26. The van der Waals surface area contributed by atoms with Crippen LogP contribution in [0, 0.1) is 0 Å². The average Bonchev–Trinajstić information content (AvgIpc) is 2.63. The summed E-state index contributed by atoms with van der Waals surface area (Å²) in [6.45, 7) is 0. The molecule has 1 N–H and O–H groups in total. The number of rotatable bonds is 4. The maximum atomic E-state index is 11.3. The number of nitrogens with zero attached hydrogens (tertiary/aromatic N) is 1. The molecule has 0 unspecified atom stereocenters. The second-order valence-corrected chi connectivity index (χ2v) is 8.18. The second-order valence-electron chi connectivity index (χ2n) is 5.80. The Morgan fingerprint density at radius 1 is 0.750 bits per heavy atom. The van der Waals surface area contributed by atoms with Gasteiger partial charge in [0.15, 0.2) is 0 Å². The lowest BCUT2D eigenvalue weighted by Gasteiger charge is -2.13. The molecule has 0 saturated heterocycles. The summed E-state index contributed by atoms with van der Waals surface area (Å²) in [4.78, 5) is 15.6. The van der Waals surface area contributed by atoms with Crippen molar-refractivity contribution in [1.82, 2.24) is 4.98 Å². The Morgan fingerprint density at radius 3 is 1.68 bits per heavy atom. The van der Waals surface area contributed by atoms with E-state index in [0.29, 0.717) is 27.9 Å². The third-order valence-electron chi connectivity index (χ3n) is 3.90. The van der Waals surface area contributed by atoms with Crippen molar-refractivity contribution >= 4 is 75.6 Å². The monoisotopic (exact) mass is 493 g/mol. The average molecular weight is 496 g/mol. The molecule has 1 heterocycles. The Kier molecular flexibility index (Phi) is 6.65. The van der Waals surface area contributed by atoms with E-state index in [2.05, 4.69) is 4.98 Å². The van der Waals surface area contributed by atoms with Gasteiger partial charge in [-0.05, 0) is 41.5 Å². The van der Waals surface area contributed by atoms with Gasteiger partial charge in [0.25, 0.3) is 0 Å². The van der Waals surface area contributed by atoms with Gasteiger partial charge in [-0.2, -0.15) is 0 Å². The van der Waals surface area contributed by atoms with Crippen LogP contribution in [-0.4, -0.2) is 16.1 Å². The van der Waals surface area contributed by atoms with Gasteiger partial charge in [-0.15, -0.1) is 0 Å². The largest absolute Gasteiger partial charge is 0.481 e. The minimum Gasteiger partial charge on any atom is -0.481 e. The minimum atomic E-state index is -1.02. The fraction of sp³-hybridized carbons (Fsp3) is 0.0526. The molecule has 1 aromatic heterocycles. The van der Waals surface area contributed by atoms with Crippen molar-refractivity contribution < 1.29 is 9.90 Å². The first kappa shape index (κ1) is 21.5. The standard InChI is InChI=1S/C19H9Cl6NO2/c20-12-2-8(3-13(21)18(12)24)10-1-11(16(26-7-10)6-17(27)28)9-4-14(22)19(25)15(23)5-9/h1-5,7H,6H2,(H,27,28). The Labute approximate surface area is 190 Å². The smallest absolute Gasteiger partial charge is 0.309 e. The highest BCUT2D eigenvalue weighted by Gasteiger charge is 2.16. The van der Waals surface area contributed by atoms with Crippen molar-refractivity contribution in [2.75, 3.05) is 0 Å². The quantitative estimate of drug-likeness (QED) is 0.373. The number of carboxylic acid groups (broad SMARTS) is 1. The van der Waals surface area contributed by atoms with Crippen LogP contribution in [0.15, 0.2) is 36.5 Å². The van der Waals surface area contributed by atoms with E-state index in [0.717, 1.165) is 0 Å². The Morgan fingerprint density at radius 2 is 1.21 bits per heavy atom. The molecule has 9 heteroatoms. The molecule has 0 spiro atoms. The van der Waals surface area contributed by atoms with Gasteiger partial charge in [0.05, 0.1) is 42.3 Å². The maximum absolute atomic E-state index is 11.3. The molecular weight excluding hydrogens is 487 g/mol. The van der Waals surface area contributed by atoms with Gasteiger partial charge in [-0.25, -0.2) is 0 Å². The van der Waals surface area contributed by atoms with Crippen molar-refractivity contribution in [1.29, 1.82) is 0 Å². The number of hydrogen-bond acceptors (Lipinski definition) is 2. The first-order chi connectivity index (χ1) is 13.2. The zero-order chi connectivity index (χ0) is 20.6. The fourth-order valence-electron chi connectivity index (χ4n) is 2.62. The van der Waals surface area contributed by atoms with E-state index in [1.54, 1.807) is 30.3 Å². The van der Waals surface area contributed by atoms with Crippen molar-refractivity contribution in [3.63, 3.8) is 0 Å². The number of carboxylic acids is 1. The summed E-state index contributed by atoms with van der Waals surface area (Å²) >= 11 is 36.6. The number of carbonyl (C=O) groups is 1. The van der Waals surface area contributed by atoms with Crippen molar-refractivity contribution in [2.24, 2.45) is 0 Å². The van der Waals surface area contributed by atoms with Crippen LogP contribution in [0.4, 0.5) is 0 Å². The molecule has 0 aliphatic heterocycles. The molecule has 144 valence electrons. The van der Waals surface area contributed by atoms with Crippen LogP contribution >= 0.6 is 69.6 Å². The van der Waals surface area contributed by atoms with Crippen LogP contribution in [0.1, 0.15) is 5.69 Å². The van der Waals surface area contributed by atoms with Crippen molar-refractivity contribution in [3.05, 3.63) is 72.4 Å². The number of pyridine rings is 1. The molecule has 2 aromatic carbocycles.